The smallest absolute Gasteiger partial charge is 0.308 e. The van der Waals surface area contributed by atoms with E-state index in [1.165, 1.54) is 13.0 Å². The fourth-order valence-corrected chi connectivity index (χ4v) is 2.58. The minimum Gasteiger partial charge on any atom is -0.545 e. The molecule has 0 aromatic heterocycles. The zero-order valence-electron chi connectivity index (χ0n) is 7.54. The lowest BCUT2D eigenvalue weighted by molar-refractivity contribution is -0.255. The van der Waals surface area contributed by atoms with Crippen molar-refractivity contribution in [3.05, 3.63) is 25.7 Å². The van der Waals surface area contributed by atoms with E-state index in [0.29, 0.717) is 8.04 Å². The molecule has 0 atom stereocenters. The molecule has 0 unspecified atom stereocenters. The molecule has 1 aromatic carbocycles. The monoisotopic (exact) mass is 383 g/mol. The third kappa shape index (κ3) is 3.16. The molecule has 15 heavy (non-hydrogen) atoms. The summed E-state index contributed by atoms with van der Waals surface area (Å²) in [6.45, 7) is 1.21. The predicted molar refractivity (Wildman–Crippen MR) is 62.5 cm³/mol. The third-order valence-corrected chi connectivity index (χ3v) is 2.73. The molecular weight excluding hydrogens is 379 g/mol. The number of rotatable bonds is 2. The molecule has 1 rings (SSSR count). The van der Waals surface area contributed by atoms with E-state index in [1.807, 2.05) is 22.6 Å². The van der Waals surface area contributed by atoms with Gasteiger partial charge in [-0.05, 0) is 34.7 Å². The first kappa shape index (κ1) is 12.4. The fourth-order valence-electron chi connectivity index (χ4n) is 0.959. The number of benzene rings is 1. The van der Waals surface area contributed by atoms with Gasteiger partial charge in [-0.2, -0.15) is 0 Å². The molecule has 80 valence electrons. The molecule has 0 heterocycles. The second-order valence-electron chi connectivity index (χ2n) is 2.65. The highest BCUT2D eigenvalue weighted by molar-refractivity contribution is 14.1. The van der Waals surface area contributed by atoms with Crippen LogP contribution < -0.4 is 9.84 Å². The molecule has 0 aliphatic heterocycles. The number of aromatic carboxylic acids is 1. The molecular formula is C9H5BrIO4-. The maximum absolute atomic E-state index is 10.8. The lowest BCUT2D eigenvalue weighted by Crippen LogP contribution is -2.24. The molecule has 4 nitrogen and oxygen atoms in total. The average Bonchev–Trinajstić information content (AvgIpc) is 2.08. The quantitative estimate of drug-likeness (QED) is 0.439. The van der Waals surface area contributed by atoms with Gasteiger partial charge in [-0.1, -0.05) is 15.9 Å². The van der Waals surface area contributed by atoms with Crippen LogP contribution in [0.15, 0.2) is 16.6 Å². The molecule has 1 aromatic rings. The summed E-state index contributed by atoms with van der Waals surface area (Å²) < 4.78 is 5.91. The standard InChI is InChI=1S/C9H6BrIO4/c1-4(12)15-8-6(9(13)14)2-5(10)3-7(8)11/h2-3H,1H3,(H,13,14)/p-1. The van der Waals surface area contributed by atoms with Gasteiger partial charge < -0.3 is 14.6 Å². The Kier molecular flexibility index (Phi) is 4.09. The first-order chi connectivity index (χ1) is 6.91. The number of ether oxygens (including phenoxy) is 1. The number of carbonyl (C=O) groups excluding carboxylic acids is 2. The number of esters is 1. The van der Waals surface area contributed by atoms with Crippen LogP contribution in [-0.2, 0) is 4.79 Å². The van der Waals surface area contributed by atoms with Gasteiger partial charge in [0.25, 0.3) is 0 Å². The third-order valence-electron chi connectivity index (χ3n) is 1.47. The van der Waals surface area contributed by atoms with E-state index in [1.54, 1.807) is 6.07 Å². The van der Waals surface area contributed by atoms with Crippen LogP contribution >= 0.6 is 38.5 Å². The zero-order valence-corrected chi connectivity index (χ0v) is 11.3. The van der Waals surface area contributed by atoms with Crippen molar-refractivity contribution >= 4 is 50.5 Å². The van der Waals surface area contributed by atoms with Gasteiger partial charge >= 0.3 is 5.97 Å². The van der Waals surface area contributed by atoms with Crippen molar-refractivity contribution in [1.29, 1.82) is 0 Å². The average molecular weight is 384 g/mol. The highest BCUT2D eigenvalue weighted by atomic mass is 127. The number of carboxylic acid groups (broad SMARTS) is 1. The van der Waals surface area contributed by atoms with E-state index in [2.05, 4.69) is 15.9 Å². The van der Waals surface area contributed by atoms with Gasteiger partial charge in [-0.15, -0.1) is 0 Å². The lowest BCUT2D eigenvalue weighted by Gasteiger charge is -2.12. The van der Waals surface area contributed by atoms with Crippen LogP contribution in [0, 0.1) is 3.57 Å². The highest BCUT2D eigenvalue weighted by Gasteiger charge is 2.12. The van der Waals surface area contributed by atoms with E-state index in [-0.39, 0.29) is 11.3 Å². The topological polar surface area (TPSA) is 66.4 Å². The summed E-state index contributed by atoms with van der Waals surface area (Å²) in [4.78, 5) is 21.6. The van der Waals surface area contributed by atoms with E-state index in [0.717, 1.165) is 0 Å². The Morgan fingerprint density at radius 3 is 2.53 bits per heavy atom. The Bertz CT molecular complexity index is 430. The van der Waals surface area contributed by atoms with Crippen molar-refractivity contribution in [2.45, 2.75) is 6.92 Å². The maximum Gasteiger partial charge on any atom is 0.308 e. The first-order valence-corrected chi connectivity index (χ1v) is 5.68. The lowest BCUT2D eigenvalue weighted by atomic mass is 10.2. The van der Waals surface area contributed by atoms with Gasteiger partial charge in [0.05, 0.1) is 9.54 Å². The first-order valence-electron chi connectivity index (χ1n) is 3.80. The molecule has 0 saturated carbocycles. The van der Waals surface area contributed by atoms with Gasteiger partial charge in [0.1, 0.15) is 0 Å². The summed E-state index contributed by atoms with van der Waals surface area (Å²) in [6, 6.07) is 2.97. The van der Waals surface area contributed by atoms with Crippen molar-refractivity contribution in [3.63, 3.8) is 0 Å². The van der Waals surface area contributed by atoms with Crippen molar-refractivity contribution in [2.24, 2.45) is 0 Å². The van der Waals surface area contributed by atoms with Crippen LogP contribution in [0.5, 0.6) is 5.75 Å². The number of carboxylic acids is 1. The summed E-state index contributed by atoms with van der Waals surface area (Å²) in [5.41, 5.74) is -0.149. The van der Waals surface area contributed by atoms with Crippen LogP contribution in [0.3, 0.4) is 0 Å². The summed E-state index contributed by atoms with van der Waals surface area (Å²) in [5, 5.41) is 10.8. The van der Waals surface area contributed by atoms with Crippen LogP contribution in [0.2, 0.25) is 0 Å². The molecule has 0 amide bonds. The molecule has 0 radical (unpaired) electrons. The molecule has 0 bridgehead atoms. The van der Waals surface area contributed by atoms with Crippen LogP contribution in [0.4, 0.5) is 0 Å². The second kappa shape index (κ2) is 4.93. The van der Waals surface area contributed by atoms with E-state index < -0.39 is 11.9 Å². The largest absolute Gasteiger partial charge is 0.545 e. The summed E-state index contributed by atoms with van der Waals surface area (Å²) >= 11 is 5.03. The van der Waals surface area contributed by atoms with Crippen LogP contribution in [0.25, 0.3) is 0 Å². The van der Waals surface area contributed by atoms with Gasteiger partial charge in [0, 0.05) is 17.0 Å². The normalized spacial score (nSPS) is 9.80. The van der Waals surface area contributed by atoms with Gasteiger partial charge in [-0.3, -0.25) is 4.79 Å². The number of halogens is 2. The van der Waals surface area contributed by atoms with E-state index in [4.69, 9.17) is 4.74 Å². The van der Waals surface area contributed by atoms with Gasteiger partial charge in [0.2, 0.25) is 0 Å². The molecule has 0 fully saturated rings. The summed E-state index contributed by atoms with van der Waals surface area (Å²) in [6.07, 6.45) is 0. The summed E-state index contributed by atoms with van der Waals surface area (Å²) in [5.74, 6) is -1.94. The number of hydrogen-bond donors (Lipinski definition) is 0. The summed E-state index contributed by atoms with van der Waals surface area (Å²) in [7, 11) is 0. The highest BCUT2D eigenvalue weighted by Crippen LogP contribution is 2.29. The Morgan fingerprint density at radius 2 is 2.07 bits per heavy atom. The molecule has 0 N–H and O–H groups in total. The van der Waals surface area contributed by atoms with Crippen LogP contribution in [-0.4, -0.2) is 11.9 Å². The molecule has 6 heteroatoms. The fraction of sp³-hybridized carbons (Fsp3) is 0.111. The van der Waals surface area contributed by atoms with Crippen molar-refractivity contribution in [3.8, 4) is 5.75 Å². The van der Waals surface area contributed by atoms with E-state index in [9.17, 15) is 14.7 Å². The van der Waals surface area contributed by atoms with E-state index >= 15 is 0 Å². The SMILES string of the molecule is CC(=O)Oc1c(I)cc(Br)cc1C(=O)[O-]. The molecule has 0 spiro atoms. The molecule has 0 aliphatic rings. The Morgan fingerprint density at radius 1 is 1.47 bits per heavy atom. The van der Waals surface area contributed by atoms with Crippen molar-refractivity contribution in [2.75, 3.05) is 0 Å². The van der Waals surface area contributed by atoms with Gasteiger partial charge in [-0.25, -0.2) is 0 Å². The minimum atomic E-state index is -1.38. The Hall–Kier alpha value is -0.630. The number of carbonyl (C=O) groups is 2. The Labute approximate surface area is 108 Å². The second-order valence-corrected chi connectivity index (χ2v) is 4.72. The zero-order chi connectivity index (χ0) is 11.6. The van der Waals surface area contributed by atoms with Crippen molar-refractivity contribution in [1.82, 2.24) is 0 Å². The number of hydrogen-bond acceptors (Lipinski definition) is 4. The van der Waals surface area contributed by atoms with Gasteiger partial charge in [0.15, 0.2) is 5.75 Å². The predicted octanol–water partition coefficient (Wildman–Crippen LogP) is 1.34. The minimum absolute atomic E-state index is 0.0197. The molecule has 0 aliphatic carbocycles. The molecule has 0 saturated heterocycles. The Balaban J connectivity index is 3.33. The maximum atomic E-state index is 10.8. The van der Waals surface area contributed by atoms with Crippen molar-refractivity contribution < 1.29 is 19.4 Å². The van der Waals surface area contributed by atoms with Crippen LogP contribution in [0.1, 0.15) is 17.3 Å².